The molecule has 1 N–H and O–H groups in total. The third kappa shape index (κ3) is 4.11. The SMILES string of the molecule is COc1ccc(OC)c(NC(=O)C2CC(=O)N(c3cccc(C(C)C)c3)C2)c1. The number of nitrogens with one attached hydrogen (secondary N) is 1. The van der Waals surface area contributed by atoms with Gasteiger partial charge in [0.2, 0.25) is 11.8 Å². The van der Waals surface area contributed by atoms with Crippen LogP contribution < -0.4 is 19.7 Å². The first-order valence-corrected chi connectivity index (χ1v) is 9.36. The number of hydrogen-bond donors (Lipinski definition) is 1. The van der Waals surface area contributed by atoms with Crippen LogP contribution in [-0.2, 0) is 9.59 Å². The Kier molecular flexibility index (Phi) is 5.87. The summed E-state index contributed by atoms with van der Waals surface area (Å²) < 4.78 is 10.5. The fourth-order valence-electron chi connectivity index (χ4n) is 3.33. The quantitative estimate of drug-likeness (QED) is 0.825. The van der Waals surface area contributed by atoms with Crippen LogP contribution in [-0.4, -0.2) is 32.6 Å². The van der Waals surface area contributed by atoms with Crippen molar-refractivity contribution in [3.05, 3.63) is 48.0 Å². The molecule has 0 aromatic heterocycles. The molecule has 3 rings (SSSR count). The first-order chi connectivity index (χ1) is 13.4. The number of benzene rings is 2. The molecule has 0 spiro atoms. The summed E-state index contributed by atoms with van der Waals surface area (Å²) >= 11 is 0. The highest BCUT2D eigenvalue weighted by Crippen LogP contribution is 2.32. The largest absolute Gasteiger partial charge is 0.497 e. The lowest BCUT2D eigenvalue weighted by Gasteiger charge is -2.19. The minimum absolute atomic E-state index is 0.0429. The smallest absolute Gasteiger partial charge is 0.229 e. The number of carbonyl (C=O) groups excluding carboxylic acids is 2. The average molecular weight is 382 g/mol. The molecule has 0 radical (unpaired) electrons. The van der Waals surface area contributed by atoms with Gasteiger partial charge in [-0.15, -0.1) is 0 Å². The van der Waals surface area contributed by atoms with E-state index in [1.165, 1.54) is 5.56 Å². The zero-order valence-electron chi connectivity index (χ0n) is 16.7. The Balaban J connectivity index is 1.75. The summed E-state index contributed by atoms with van der Waals surface area (Å²) in [6.07, 6.45) is 0.185. The highest BCUT2D eigenvalue weighted by molar-refractivity contribution is 6.04. The number of rotatable bonds is 6. The number of nitrogens with zero attached hydrogens (tertiary/aromatic N) is 1. The molecule has 148 valence electrons. The number of amides is 2. The molecule has 2 amide bonds. The molecule has 1 atom stereocenters. The molecule has 1 heterocycles. The minimum atomic E-state index is -0.425. The third-order valence-corrected chi connectivity index (χ3v) is 5.01. The summed E-state index contributed by atoms with van der Waals surface area (Å²) in [7, 11) is 3.10. The van der Waals surface area contributed by atoms with Gasteiger partial charge in [0.05, 0.1) is 25.8 Å². The van der Waals surface area contributed by atoms with Gasteiger partial charge in [-0.05, 0) is 35.7 Å². The highest BCUT2D eigenvalue weighted by Gasteiger charge is 2.35. The molecule has 2 aromatic rings. The first kappa shape index (κ1) is 19.7. The van der Waals surface area contributed by atoms with E-state index in [0.29, 0.717) is 29.6 Å². The summed E-state index contributed by atoms with van der Waals surface area (Å²) in [6.45, 7) is 4.59. The summed E-state index contributed by atoms with van der Waals surface area (Å²) in [6, 6.07) is 13.1. The van der Waals surface area contributed by atoms with Crippen LogP contribution in [0.4, 0.5) is 11.4 Å². The van der Waals surface area contributed by atoms with Gasteiger partial charge in [-0.2, -0.15) is 0 Å². The maximum absolute atomic E-state index is 12.8. The standard InChI is InChI=1S/C22H26N2O4/c1-14(2)15-6-5-7-17(10-15)24-13-16(11-21(24)25)22(26)23-19-12-18(27-3)8-9-20(19)28-4/h5-10,12,14,16H,11,13H2,1-4H3,(H,23,26). The van der Waals surface area contributed by atoms with Crippen LogP contribution in [0.3, 0.4) is 0 Å². The van der Waals surface area contributed by atoms with Gasteiger partial charge in [0, 0.05) is 24.7 Å². The van der Waals surface area contributed by atoms with Gasteiger partial charge in [0.15, 0.2) is 0 Å². The normalized spacial score (nSPS) is 16.4. The Morgan fingerprint density at radius 2 is 1.93 bits per heavy atom. The lowest BCUT2D eigenvalue weighted by atomic mass is 10.0. The number of methoxy groups -OCH3 is 2. The lowest BCUT2D eigenvalue weighted by Crippen LogP contribution is -2.28. The molecule has 2 aromatic carbocycles. The zero-order valence-corrected chi connectivity index (χ0v) is 16.7. The maximum atomic E-state index is 12.8. The van der Waals surface area contributed by atoms with Crippen LogP contribution in [0.5, 0.6) is 11.5 Å². The molecule has 1 unspecified atom stereocenters. The molecule has 1 aliphatic rings. The Morgan fingerprint density at radius 3 is 2.61 bits per heavy atom. The number of ether oxygens (including phenoxy) is 2. The predicted molar refractivity (Wildman–Crippen MR) is 109 cm³/mol. The van der Waals surface area contributed by atoms with Crippen molar-refractivity contribution in [3.63, 3.8) is 0 Å². The van der Waals surface area contributed by atoms with Crippen molar-refractivity contribution in [2.45, 2.75) is 26.2 Å². The maximum Gasteiger partial charge on any atom is 0.229 e. The molecule has 1 saturated heterocycles. The monoisotopic (exact) mass is 382 g/mol. The molecular weight excluding hydrogens is 356 g/mol. The van der Waals surface area contributed by atoms with Crippen LogP contribution in [0.2, 0.25) is 0 Å². The fraction of sp³-hybridized carbons (Fsp3) is 0.364. The Bertz CT molecular complexity index is 879. The van der Waals surface area contributed by atoms with E-state index >= 15 is 0 Å². The van der Waals surface area contributed by atoms with Gasteiger partial charge in [-0.3, -0.25) is 9.59 Å². The number of hydrogen-bond acceptors (Lipinski definition) is 4. The van der Waals surface area contributed by atoms with Crippen molar-refractivity contribution in [3.8, 4) is 11.5 Å². The van der Waals surface area contributed by atoms with E-state index in [9.17, 15) is 9.59 Å². The van der Waals surface area contributed by atoms with Crippen molar-refractivity contribution in [2.24, 2.45) is 5.92 Å². The fourth-order valence-corrected chi connectivity index (χ4v) is 3.33. The molecule has 1 aliphatic heterocycles. The van der Waals surface area contributed by atoms with Crippen molar-refractivity contribution in [1.29, 1.82) is 0 Å². The number of anilines is 2. The van der Waals surface area contributed by atoms with Crippen LogP contribution in [0.1, 0.15) is 31.7 Å². The van der Waals surface area contributed by atoms with Crippen molar-refractivity contribution >= 4 is 23.2 Å². The Morgan fingerprint density at radius 1 is 1.14 bits per heavy atom. The second kappa shape index (κ2) is 8.33. The topological polar surface area (TPSA) is 67.9 Å². The lowest BCUT2D eigenvalue weighted by molar-refractivity contribution is -0.122. The van der Waals surface area contributed by atoms with E-state index in [1.54, 1.807) is 37.3 Å². The molecule has 6 heteroatoms. The predicted octanol–water partition coefficient (Wildman–Crippen LogP) is 3.82. The first-order valence-electron chi connectivity index (χ1n) is 9.36. The van der Waals surface area contributed by atoms with Gasteiger partial charge < -0.3 is 19.7 Å². The van der Waals surface area contributed by atoms with Gasteiger partial charge in [-0.1, -0.05) is 26.0 Å². The Labute approximate surface area is 165 Å². The molecule has 0 saturated carbocycles. The van der Waals surface area contributed by atoms with Crippen LogP contribution >= 0.6 is 0 Å². The van der Waals surface area contributed by atoms with Crippen molar-refractivity contribution < 1.29 is 19.1 Å². The number of carbonyl (C=O) groups is 2. The summed E-state index contributed by atoms with van der Waals surface area (Å²) in [5.41, 5.74) is 2.53. The van der Waals surface area contributed by atoms with Crippen LogP contribution in [0.25, 0.3) is 0 Å². The zero-order chi connectivity index (χ0) is 20.3. The van der Waals surface area contributed by atoms with Gasteiger partial charge in [0.1, 0.15) is 11.5 Å². The molecule has 1 fully saturated rings. The van der Waals surface area contributed by atoms with E-state index in [1.807, 2.05) is 24.3 Å². The molecule has 28 heavy (non-hydrogen) atoms. The van der Waals surface area contributed by atoms with E-state index in [4.69, 9.17) is 9.47 Å². The molecule has 6 nitrogen and oxygen atoms in total. The molecular formula is C22H26N2O4. The Hall–Kier alpha value is -3.02. The highest BCUT2D eigenvalue weighted by atomic mass is 16.5. The van der Waals surface area contributed by atoms with Crippen LogP contribution in [0.15, 0.2) is 42.5 Å². The molecule has 0 aliphatic carbocycles. The summed E-state index contributed by atoms with van der Waals surface area (Å²) in [4.78, 5) is 27.0. The van der Waals surface area contributed by atoms with Gasteiger partial charge in [0.25, 0.3) is 0 Å². The van der Waals surface area contributed by atoms with E-state index in [2.05, 4.69) is 19.2 Å². The van der Waals surface area contributed by atoms with E-state index in [-0.39, 0.29) is 18.2 Å². The second-order valence-electron chi connectivity index (χ2n) is 7.21. The van der Waals surface area contributed by atoms with Crippen molar-refractivity contribution in [2.75, 3.05) is 31.0 Å². The van der Waals surface area contributed by atoms with Crippen LogP contribution in [0, 0.1) is 5.92 Å². The average Bonchev–Trinajstić information content (AvgIpc) is 3.09. The summed E-state index contributed by atoms with van der Waals surface area (Å²) in [5.74, 6) is 0.857. The van der Waals surface area contributed by atoms with E-state index < -0.39 is 5.92 Å². The summed E-state index contributed by atoms with van der Waals surface area (Å²) in [5, 5.41) is 2.88. The van der Waals surface area contributed by atoms with Crippen molar-refractivity contribution in [1.82, 2.24) is 0 Å². The van der Waals surface area contributed by atoms with Gasteiger partial charge >= 0.3 is 0 Å². The second-order valence-corrected chi connectivity index (χ2v) is 7.21. The van der Waals surface area contributed by atoms with Gasteiger partial charge in [-0.25, -0.2) is 0 Å². The minimum Gasteiger partial charge on any atom is -0.497 e. The third-order valence-electron chi connectivity index (χ3n) is 5.01. The van der Waals surface area contributed by atoms with E-state index in [0.717, 1.165) is 5.69 Å². The molecule has 0 bridgehead atoms.